The zero-order chi connectivity index (χ0) is 13.8. The largest absolute Gasteiger partial charge is 0.314 e. The van der Waals surface area contributed by atoms with Crippen molar-refractivity contribution in [2.45, 2.75) is 45.2 Å². The van der Waals surface area contributed by atoms with Crippen molar-refractivity contribution in [1.82, 2.24) is 15.1 Å². The van der Waals surface area contributed by atoms with Crippen LogP contribution in [0.15, 0.2) is 36.7 Å². The van der Waals surface area contributed by atoms with E-state index in [1.54, 1.807) is 0 Å². The summed E-state index contributed by atoms with van der Waals surface area (Å²) in [5, 5.41) is 8.02. The molecule has 0 unspecified atom stereocenters. The first kappa shape index (κ1) is 13.4. The third-order valence-corrected chi connectivity index (χ3v) is 3.77. The predicted octanol–water partition coefficient (Wildman–Crippen LogP) is 2.92. The molecule has 3 nitrogen and oxygen atoms in total. The van der Waals surface area contributed by atoms with E-state index in [9.17, 15) is 0 Å². The minimum absolute atomic E-state index is 0.819. The Morgan fingerprint density at radius 3 is 3.00 bits per heavy atom. The van der Waals surface area contributed by atoms with Gasteiger partial charge in [0.25, 0.3) is 0 Å². The van der Waals surface area contributed by atoms with Crippen molar-refractivity contribution in [3.05, 3.63) is 53.3 Å². The molecule has 1 heterocycles. The minimum Gasteiger partial charge on any atom is -0.314 e. The van der Waals surface area contributed by atoms with Gasteiger partial charge in [0.1, 0.15) is 0 Å². The Bertz CT molecular complexity index is 555. The first-order valence-corrected chi connectivity index (χ1v) is 7.60. The topological polar surface area (TPSA) is 29.9 Å². The summed E-state index contributed by atoms with van der Waals surface area (Å²) >= 11 is 0. The maximum atomic E-state index is 4.46. The molecule has 1 aromatic heterocycles. The Balaban J connectivity index is 1.48. The van der Waals surface area contributed by atoms with E-state index in [4.69, 9.17) is 0 Å². The molecule has 1 aliphatic rings. The highest BCUT2D eigenvalue weighted by Crippen LogP contribution is 2.18. The van der Waals surface area contributed by atoms with Gasteiger partial charge >= 0.3 is 0 Å². The molecule has 0 bridgehead atoms. The highest BCUT2D eigenvalue weighted by atomic mass is 15.3. The number of nitrogens with one attached hydrogen (secondary N) is 1. The fourth-order valence-corrected chi connectivity index (χ4v) is 2.51. The van der Waals surface area contributed by atoms with Crippen LogP contribution in [0.4, 0.5) is 0 Å². The van der Waals surface area contributed by atoms with E-state index < -0.39 is 0 Å². The standard InChI is InChI=1S/C17H23N3/c1-14-4-2-5-15(10-14)12-20-13-16(11-19-20)6-3-9-18-17-7-8-17/h2,4-5,10-11,13,17-18H,3,6-9,12H2,1H3. The molecule has 1 fully saturated rings. The van der Waals surface area contributed by atoms with Crippen molar-refractivity contribution in [3.8, 4) is 0 Å². The number of rotatable bonds is 7. The molecule has 1 aliphatic carbocycles. The van der Waals surface area contributed by atoms with E-state index in [1.807, 2.05) is 10.9 Å². The lowest BCUT2D eigenvalue weighted by Crippen LogP contribution is -2.17. The molecule has 3 heteroatoms. The van der Waals surface area contributed by atoms with Gasteiger partial charge in [-0.2, -0.15) is 5.10 Å². The van der Waals surface area contributed by atoms with Crippen LogP contribution in [0.1, 0.15) is 36.0 Å². The molecule has 0 spiro atoms. The van der Waals surface area contributed by atoms with E-state index >= 15 is 0 Å². The first-order valence-electron chi connectivity index (χ1n) is 7.60. The second kappa shape index (κ2) is 6.23. The normalized spacial score (nSPS) is 14.7. The molecule has 0 atom stereocenters. The number of aromatic nitrogens is 2. The number of hydrogen-bond donors (Lipinski definition) is 1. The number of aryl methyl sites for hydroxylation is 2. The Hall–Kier alpha value is -1.61. The van der Waals surface area contributed by atoms with Crippen molar-refractivity contribution in [3.63, 3.8) is 0 Å². The molecule has 1 aromatic carbocycles. The monoisotopic (exact) mass is 269 g/mol. The van der Waals surface area contributed by atoms with Crippen LogP contribution < -0.4 is 5.32 Å². The highest BCUT2D eigenvalue weighted by molar-refractivity contribution is 5.22. The summed E-state index contributed by atoms with van der Waals surface area (Å²) in [6.07, 6.45) is 9.25. The van der Waals surface area contributed by atoms with Gasteiger partial charge in [0.15, 0.2) is 0 Å². The van der Waals surface area contributed by atoms with Crippen LogP contribution in [0.25, 0.3) is 0 Å². The van der Waals surface area contributed by atoms with Gasteiger partial charge in [-0.25, -0.2) is 0 Å². The predicted molar refractivity (Wildman–Crippen MR) is 81.9 cm³/mol. The lowest BCUT2D eigenvalue weighted by Gasteiger charge is -2.03. The Labute approximate surface area is 121 Å². The molecule has 0 saturated heterocycles. The van der Waals surface area contributed by atoms with Crippen molar-refractivity contribution < 1.29 is 0 Å². The summed E-state index contributed by atoms with van der Waals surface area (Å²) in [7, 11) is 0. The van der Waals surface area contributed by atoms with Crippen LogP contribution in [0.2, 0.25) is 0 Å². The average Bonchev–Trinajstić information content (AvgIpc) is 3.15. The summed E-state index contributed by atoms with van der Waals surface area (Å²) < 4.78 is 2.04. The van der Waals surface area contributed by atoms with Crippen LogP contribution in [-0.2, 0) is 13.0 Å². The van der Waals surface area contributed by atoms with Crippen molar-refractivity contribution in [1.29, 1.82) is 0 Å². The van der Waals surface area contributed by atoms with E-state index in [1.165, 1.54) is 36.0 Å². The van der Waals surface area contributed by atoms with Crippen LogP contribution >= 0.6 is 0 Å². The van der Waals surface area contributed by atoms with Crippen LogP contribution in [-0.4, -0.2) is 22.4 Å². The smallest absolute Gasteiger partial charge is 0.0659 e. The number of nitrogens with zero attached hydrogens (tertiary/aromatic N) is 2. The maximum absolute atomic E-state index is 4.46. The Morgan fingerprint density at radius 2 is 2.20 bits per heavy atom. The molecule has 20 heavy (non-hydrogen) atoms. The summed E-state index contributed by atoms with van der Waals surface area (Å²) in [5.41, 5.74) is 3.96. The lowest BCUT2D eigenvalue weighted by molar-refractivity contribution is 0.644. The van der Waals surface area contributed by atoms with Crippen molar-refractivity contribution >= 4 is 0 Å². The van der Waals surface area contributed by atoms with Gasteiger partial charge in [0.05, 0.1) is 12.7 Å². The second-order valence-corrected chi connectivity index (χ2v) is 5.87. The van der Waals surface area contributed by atoms with Crippen LogP contribution in [0.3, 0.4) is 0 Å². The molecule has 106 valence electrons. The first-order chi connectivity index (χ1) is 9.79. The van der Waals surface area contributed by atoms with Crippen molar-refractivity contribution in [2.75, 3.05) is 6.54 Å². The quantitative estimate of drug-likeness (QED) is 0.783. The maximum Gasteiger partial charge on any atom is 0.0659 e. The highest BCUT2D eigenvalue weighted by Gasteiger charge is 2.19. The SMILES string of the molecule is Cc1cccc(Cn2cc(CCCNC3CC3)cn2)c1. The van der Waals surface area contributed by atoms with E-state index in [0.29, 0.717) is 0 Å². The van der Waals surface area contributed by atoms with E-state index in [0.717, 1.165) is 25.6 Å². The molecule has 0 aliphatic heterocycles. The number of benzene rings is 1. The van der Waals surface area contributed by atoms with Gasteiger partial charge in [-0.15, -0.1) is 0 Å². The van der Waals surface area contributed by atoms with Crippen molar-refractivity contribution in [2.24, 2.45) is 0 Å². The average molecular weight is 269 g/mol. The molecule has 3 rings (SSSR count). The molecule has 2 aromatic rings. The summed E-state index contributed by atoms with van der Waals surface area (Å²) in [6, 6.07) is 9.44. The zero-order valence-corrected chi connectivity index (χ0v) is 12.2. The minimum atomic E-state index is 0.819. The van der Waals surface area contributed by atoms with Gasteiger partial charge in [-0.05, 0) is 50.3 Å². The fourth-order valence-electron chi connectivity index (χ4n) is 2.51. The van der Waals surface area contributed by atoms with Gasteiger partial charge in [-0.3, -0.25) is 4.68 Å². The molecule has 0 radical (unpaired) electrons. The Kier molecular flexibility index (Phi) is 4.16. The van der Waals surface area contributed by atoms with Gasteiger partial charge in [0, 0.05) is 12.2 Å². The Morgan fingerprint density at radius 1 is 1.30 bits per heavy atom. The summed E-state index contributed by atoms with van der Waals surface area (Å²) in [6.45, 7) is 4.13. The molecule has 1 N–H and O–H groups in total. The molecule has 1 saturated carbocycles. The van der Waals surface area contributed by atoms with Crippen LogP contribution in [0.5, 0.6) is 0 Å². The van der Waals surface area contributed by atoms with E-state index in [2.05, 4.69) is 47.8 Å². The molecule has 0 amide bonds. The van der Waals surface area contributed by atoms with Gasteiger partial charge < -0.3 is 5.32 Å². The van der Waals surface area contributed by atoms with Gasteiger partial charge in [0.2, 0.25) is 0 Å². The van der Waals surface area contributed by atoms with E-state index in [-0.39, 0.29) is 0 Å². The third-order valence-electron chi connectivity index (χ3n) is 3.77. The second-order valence-electron chi connectivity index (χ2n) is 5.87. The molecular weight excluding hydrogens is 246 g/mol. The summed E-state index contributed by atoms with van der Waals surface area (Å²) in [4.78, 5) is 0. The zero-order valence-electron chi connectivity index (χ0n) is 12.2. The number of hydrogen-bond acceptors (Lipinski definition) is 2. The lowest BCUT2D eigenvalue weighted by atomic mass is 10.1. The fraction of sp³-hybridized carbons (Fsp3) is 0.471. The summed E-state index contributed by atoms with van der Waals surface area (Å²) in [5.74, 6) is 0. The van der Waals surface area contributed by atoms with Crippen LogP contribution in [0, 0.1) is 6.92 Å². The van der Waals surface area contributed by atoms with Gasteiger partial charge in [-0.1, -0.05) is 29.8 Å². The third kappa shape index (κ3) is 3.94. The molecular formula is C17H23N3.